The smallest absolute Gasteiger partial charge is 0.243 e. The number of nitrogens with zero attached hydrogens (tertiary/aromatic N) is 2. The summed E-state index contributed by atoms with van der Waals surface area (Å²) in [6.45, 7) is 0.224. The summed E-state index contributed by atoms with van der Waals surface area (Å²) in [7, 11) is -2.13. The van der Waals surface area contributed by atoms with Crippen molar-refractivity contribution in [3.8, 4) is 0 Å². The van der Waals surface area contributed by atoms with Crippen molar-refractivity contribution in [1.29, 1.82) is 0 Å². The topological polar surface area (TPSA) is 50.3 Å². The van der Waals surface area contributed by atoms with Gasteiger partial charge in [0.25, 0.3) is 10.0 Å². The van der Waals surface area contributed by atoms with E-state index in [-0.39, 0.29) is 11.6 Å². The van der Waals surface area contributed by atoms with Gasteiger partial charge in [-0.1, -0.05) is 29.8 Å². The number of halogens is 2. The molecule has 4 nitrogen and oxygen atoms in total. The van der Waals surface area contributed by atoms with Crippen LogP contribution < -0.4 is 0 Å². The molecule has 0 atom stereocenters. The van der Waals surface area contributed by atoms with E-state index in [0.717, 1.165) is 11.1 Å². The lowest BCUT2D eigenvalue weighted by Crippen LogP contribution is -2.27. The summed E-state index contributed by atoms with van der Waals surface area (Å²) in [6, 6.07) is 10.2. The minimum Gasteiger partial charge on any atom is -0.243 e. The number of benzene rings is 1. The molecule has 1 aromatic heterocycles. The van der Waals surface area contributed by atoms with Gasteiger partial charge in [-0.3, -0.25) is 0 Å². The first-order valence-electron chi connectivity index (χ1n) is 6.15. The molecule has 0 aliphatic rings. The Balaban J connectivity index is 2.21. The van der Waals surface area contributed by atoms with E-state index >= 15 is 0 Å². The van der Waals surface area contributed by atoms with Gasteiger partial charge < -0.3 is 0 Å². The monoisotopic (exact) mass is 344 g/mol. The molecule has 0 aliphatic carbocycles. The third-order valence-corrected chi connectivity index (χ3v) is 5.18. The predicted molar refractivity (Wildman–Crippen MR) is 83.9 cm³/mol. The normalized spacial score (nSPS) is 11.8. The maximum Gasteiger partial charge on any atom is 0.260 e. The van der Waals surface area contributed by atoms with Gasteiger partial charge in [-0.15, -0.1) is 11.6 Å². The molecule has 0 spiro atoms. The number of hydrogen-bond donors (Lipinski definition) is 0. The molecule has 21 heavy (non-hydrogen) atoms. The van der Waals surface area contributed by atoms with Gasteiger partial charge in [0.15, 0.2) is 5.03 Å². The Kier molecular flexibility index (Phi) is 5.22. The molecule has 0 aliphatic heterocycles. The second kappa shape index (κ2) is 6.75. The largest absolute Gasteiger partial charge is 0.260 e. The van der Waals surface area contributed by atoms with Crippen molar-refractivity contribution in [2.75, 3.05) is 7.05 Å². The minimum absolute atomic E-state index is 0.000828. The van der Waals surface area contributed by atoms with E-state index in [2.05, 4.69) is 4.98 Å². The molecule has 0 unspecified atom stereocenters. The van der Waals surface area contributed by atoms with Crippen LogP contribution in [0.4, 0.5) is 0 Å². The van der Waals surface area contributed by atoms with E-state index < -0.39 is 10.0 Å². The maximum absolute atomic E-state index is 12.4. The summed E-state index contributed by atoms with van der Waals surface area (Å²) in [5.41, 5.74) is 1.58. The zero-order valence-electron chi connectivity index (χ0n) is 11.3. The third kappa shape index (κ3) is 3.95. The summed E-state index contributed by atoms with van der Waals surface area (Å²) in [5.74, 6) is 0.297. The molecule has 0 N–H and O–H groups in total. The van der Waals surface area contributed by atoms with E-state index in [4.69, 9.17) is 23.2 Å². The molecule has 0 fully saturated rings. The molecule has 112 valence electrons. The highest BCUT2D eigenvalue weighted by atomic mass is 35.5. The van der Waals surface area contributed by atoms with Gasteiger partial charge in [0.05, 0.1) is 0 Å². The highest BCUT2D eigenvalue weighted by Crippen LogP contribution is 2.17. The van der Waals surface area contributed by atoms with Crippen LogP contribution in [0.1, 0.15) is 11.1 Å². The Labute approximate surface area is 134 Å². The zero-order valence-corrected chi connectivity index (χ0v) is 13.7. The van der Waals surface area contributed by atoms with E-state index in [1.165, 1.54) is 23.6 Å². The number of sulfonamides is 1. The Morgan fingerprint density at radius 3 is 2.52 bits per heavy atom. The molecule has 0 saturated carbocycles. The number of hydrogen-bond acceptors (Lipinski definition) is 3. The molecule has 1 heterocycles. The predicted octanol–water partition coefficient (Wildman–Crippen LogP) is 3.29. The van der Waals surface area contributed by atoms with Crippen molar-refractivity contribution in [1.82, 2.24) is 9.29 Å². The van der Waals surface area contributed by atoms with E-state index in [1.54, 1.807) is 24.3 Å². The van der Waals surface area contributed by atoms with Crippen molar-refractivity contribution in [3.63, 3.8) is 0 Å². The van der Waals surface area contributed by atoms with E-state index in [9.17, 15) is 8.42 Å². The first-order valence-corrected chi connectivity index (χ1v) is 8.50. The van der Waals surface area contributed by atoms with Crippen LogP contribution in [0.25, 0.3) is 0 Å². The van der Waals surface area contributed by atoms with Gasteiger partial charge in [-0.2, -0.15) is 4.31 Å². The lowest BCUT2D eigenvalue weighted by molar-refractivity contribution is 0.464. The van der Waals surface area contributed by atoms with Crippen molar-refractivity contribution < 1.29 is 8.42 Å². The second-order valence-electron chi connectivity index (χ2n) is 4.53. The van der Waals surface area contributed by atoms with Crippen LogP contribution >= 0.6 is 23.2 Å². The molecule has 0 saturated heterocycles. The van der Waals surface area contributed by atoms with Crippen molar-refractivity contribution in [2.24, 2.45) is 0 Å². The molecule has 0 bridgehead atoms. The van der Waals surface area contributed by atoms with Crippen molar-refractivity contribution in [3.05, 3.63) is 58.7 Å². The summed E-state index contributed by atoms with van der Waals surface area (Å²) in [4.78, 5) is 3.96. The van der Waals surface area contributed by atoms with Crippen LogP contribution in [-0.4, -0.2) is 24.8 Å². The number of aromatic nitrogens is 1. The fourth-order valence-electron chi connectivity index (χ4n) is 1.78. The fraction of sp³-hybridized carbons (Fsp3) is 0.214. The van der Waals surface area contributed by atoms with Crippen molar-refractivity contribution >= 4 is 33.2 Å². The second-order valence-corrected chi connectivity index (χ2v) is 7.22. The molecule has 0 amide bonds. The van der Waals surface area contributed by atoms with Crippen LogP contribution in [0.5, 0.6) is 0 Å². The first kappa shape index (κ1) is 16.2. The number of alkyl halides is 1. The van der Waals surface area contributed by atoms with Crippen molar-refractivity contribution in [2.45, 2.75) is 17.5 Å². The third-order valence-electron chi connectivity index (χ3n) is 2.92. The molecular weight excluding hydrogens is 331 g/mol. The highest BCUT2D eigenvalue weighted by Gasteiger charge is 2.22. The maximum atomic E-state index is 12.4. The molecule has 0 radical (unpaired) electrons. The van der Waals surface area contributed by atoms with E-state index in [0.29, 0.717) is 10.9 Å². The Morgan fingerprint density at radius 1 is 1.19 bits per heavy atom. The van der Waals surface area contributed by atoms with Gasteiger partial charge in [-0.05, 0) is 29.3 Å². The molecule has 2 aromatic rings. The molecule has 2 rings (SSSR count). The van der Waals surface area contributed by atoms with Crippen LogP contribution in [0.2, 0.25) is 5.02 Å². The van der Waals surface area contributed by atoms with Crippen LogP contribution in [0.15, 0.2) is 47.6 Å². The van der Waals surface area contributed by atoms with Gasteiger partial charge in [-0.25, -0.2) is 13.4 Å². The van der Waals surface area contributed by atoms with Crippen LogP contribution in [-0.2, 0) is 22.4 Å². The van der Waals surface area contributed by atoms with E-state index in [1.807, 2.05) is 6.07 Å². The Hall–Kier alpha value is -1.14. The van der Waals surface area contributed by atoms with Gasteiger partial charge in [0, 0.05) is 30.7 Å². The summed E-state index contributed by atoms with van der Waals surface area (Å²) in [6.07, 6.45) is 1.47. The van der Waals surface area contributed by atoms with Gasteiger partial charge in [0.2, 0.25) is 0 Å². The number of rotatable bonds is 5. The van der Waals surface area contributed by atoms with Gasteiger partial charge in [0.1, 0.15) is 0 Å². The molecular formula is C14H14Cl2N2O2S. The fourth-order valence-corrected chi connectivity index (χ4v) is 3.21. The Bertz CT molecular complexity index is 718. The lowest BCUT2D eigenvalue weighted by atomic mass is 10.2. The first-order chi connectivity index (χ1) is 9.93. The minimum atomic E-state index is -3.64. The Morgan fingerprint density at radius 2 is 1.95 bits per heavy atom. The highest BCUT2D eigenvalue weighted by molar-refractivity contribution is 7.89. The molecule has 1 aromatic carbocycles. The average Bonchev–Trinajstić information content (AvgIpc) is 2.47. The SMILES string of the molecule is CN(Cc1cccc(Cl)c1)S(=O)(=O)c1ccc(CCl)cn1. The standard InChI is InChI=1S/C14H14Cl2N2O2S/c1-18(10-11-3-2-4-13(16)7-11)21(19,20)14-6-5-12(8-15)9-17-14/h2-7,9H,8,10H2,1H3. The van der Waals surface area contributed by atoms with Crippen LogP contribution in [0, 0.1) is 0 Å². The average molecular weight is 345 g/mol. The van der Waals surface area contributed by atoms with Crippen LogP contribution in [0.3, 0.4) is 0 Å². The summed E-state index contributed by atoms with van der Waals surface area (Å²) >= 11 is 11.6. The zero-order chi connectivity index (χ0) is 15.5. The molecule has 7 heteroatoms. The summed E-state index contributed by atoms with van der Waals surface area (Å²) in [5, 5.41) is 0.573. The number of pyridine rings is 1. The van der Waals surface area contributed by atoms with Gasteiger partial charge >= 0.3 is 0 Å². The summed E-state index contributed by atoms with van der Waals surface area (Å²) < 4.78 is 26.1. The lowest BCUT2D eigenvalue weighted by Gasteiger charge is -2.16. The quantitative estimate of drug-likeness (QED) is 0.782.